The molecule has 7 nitrogen and oxygen atoms in total. The zero-order valence-corrected chi connectivity index (χ0v) is 12.8. The third kappa shape index (κ3) is 3.89. The van der Waals surface area contributed by atoms with Gasteiger partial charge in [-0.25, -0.2) is 4.98 Å². The minimum Gasteiger partial charge on any atom is -0.350 e. The van der Waals surface area contributed by atoms with Crippen LogP contribution in [0.3, 0.4) is 0 Å². The molecule has 0 bridgehead atoms. The molecule has 120 valence electrons. The Morgan fingerprint density at radius 1 is 1.00 bits per heavy atom. The molecule has 2 heterocycles. The lowest BCUT2D eigenvalue weighted by molar-refractivity contribution is -0.116. The van der Waals surface area contributed by atoms with Crippen molar-refractivity contribution in [3.05, 3.63) is 60.7 Å². The van der Waals surface area contributed by atoms with Crippen molar-refractivity contribution in [3.8, 4) is 0 Å². The van der Waals surface area contributed by atoms with Gasteiger partial charge in [0.05, 0.1) is 29.1 Å². The highest BCUT2D eigenvalue weighted by Crippen LogP contribution is 2.08. The summed E-state index contributed by atoms with van der Waals surface area (Å²) in [5.41, 5.74) is 2.22. The first-order chi connectivity index (χ1) is 11.7. The van der Waals surface area contributed by atoms with Gasteiger partial charge in [0, 0.05) is 19.2 Å². The molecule has 3 rings (SSSR count). The van der Waals surface area contributed by atoms with E-state index in [2.05, 4.69) is 25.6 Å². The quantitative estimate of drug-likeness (QED) is 0.746. The summed E-state index contributed by atoms with van der Waals surface area (Å²) in [5, 5.41) is 5.36. The number of anilines is 1. The predicted octanol–water partition coefficient (Wildman–Crippen LogP) is 1.78. The Morgan fingerprint density at radius 3 is 2.62 bits per heavy atom. The van der Waals surface area contributed by atoms with Gasteiger partial charge in [0.15, 0.2) is 0 Å². The minimum absolute atomic E-state index is 0.154. The van der Waals surface area contributed by atoms with E-state index in [0.29, 0.717) is 11.2 Å². The minimum atomic E-state index is -0.359. The molecule has 0 unspecified atom stereocenters. The van der Waals surface area contributed by atoms with Crippen LogP contribution in [-0.2, 0) is 4.79 Å². The molecule has 0 atom stereocenters. The first-order valence-electron chi connectivity index (χ1n) is 7.42. The van der Waals surface area contributed by atoms with E-state index >= 15 is 0 Å². The third-order valence-electron chi connectivity index (χ3n) is 3.26. The number of carbonyl (C=O) groups excluding carboxylic acids is 2. The van der Waals surface area contributed by atoms with E-state index in [1.165, 1.54) is 6.20 Å². The van der Waals surface area contributed by atoms with Crippen LogP contribution in [0.15, 0.2) is 55.0 Å². The average Bonchev–Trinajstić information content (AvgIpc) is 2.62. The first-order valence-corrected chi connectivity index (χ1v) is 7.42. The van der Waals surface area contributed by atoms with Crippen molar-refractivity contribution in [2.45, 2.75) is 6.42 Å². The Balaban J connectivity index is 1.52. The van der Waals surface area contributed by atoms with Crippen LogP contribution in [0.2, 0.25) is 0 Å². The van der Waals surface area contributed by atoms with Crippen molar-refractivity contribution >= 4 is 28.5 Å². The van der Waals surface area contributed by atoms with Crippen molar-refractivity contribution in [2.75, 3.05) is 11.9 Å². The number of pyridine rings is 1. The van der Waals surface area contributed by atoms with Gasteiger partial charge < -0.3 is 10.6 Å². The fraction of sp³-hybridized carbons (Fsp3) is 0.118. The van der Waals surface area contributed by atoms with Crippen LogP contribution in [0.25, 0.3) is 11.0 Å². The number of aromatic nitrogens is 3. The second-order valence-corrected chi connectivity index (χ2v) is 5.04. The number of amides is 2. The Labute approximate surface area is 138 Å². The number of carbonyl (C=O) groups is 2. The predicted molar refractivity (Wildman–Crippen MR) is 89.4 cm³/mol. The normalized spacial score (nSPS) is 10.3. The Bertz CT molecular complexity index is 867. The van der Waals surface area contributed by atoms with Gasteiger partial charge in [-0.2, -0.15) is 0 Å². The van der Waals surface area contributed by atoms with Gasteiger partial charge in [-0.15, -0.1) is 0 Å². The maximum Gasteiger partial charge on any atom is 0.271 e. The molecule has 0 aliphatic carbocycles. The van der Waals surface area contributed by atoms with Crippen LogP contribution in [0.4, 0.5) is 5.69 Å². The summed E-state index contributed by atoms with van der Waals surface area (Å²) in [6.07, 6.45) is 4.76. The number of nitrogens with zero attached hydrogens (tertiary/aromatic N) is 3. The van der Waals surface area contributed by atoms with Crippen molar-refractivity contribution in [1.82, 2.24) is 20.3 Å². The van der Waals surface area contributed by atoms with Gasteiger partial charge in [-0.05, 0) is 24.3 Å². The molecule has 0 aliphatic heterocycles. The molecule has 0 spiro atoms. The molecule has 0 aliphatic rings. The van der Waals surface area contributed by atoms with Gasteiger partial charge >= 0.3 is 0 Å². The number of benzene rings is 1. The molecule has 0 saturated carbocycles. The summed E-state index contributed by atoms with van der Waals surface area (Å²) in [7, 11) is 0. The van der Waals surface area contributed by atoms with Crippen LogP contribution in [-0.4, -0.2) is 33.3 Å². The molecule has 3 aromatic rings. The highest BCUT2D eigenvalue weighted by atomic mass is 16.2. The molecule has 7 heteroatoms. The van der Waals surface area contributed by atoms with E-state index in [9.17, 15) is 9.59 Å². The van der Waals surface area contributed by atoms with E-state index in [-0.39, 0.29) is 30.5 Å². The monoisotopic (exact) mass is 321 g/mol. The van der Waals surface area contributed by atoms with E-state index in [1.54, 1.807) is 30.6 Å². The summed E-state index contributed by atoms with van der Waals surface area (Å²) >= 11 is 0. The van der Waals surface area contributed by atoms with Crippen LogP contribution < -0.4 is 10.6 Å². The zero-order chi connectivity index (χ0) is 16.8. The first kappa shape index (κ1) is 15.5. The van der Waals surface area contributed by atoms with Crippen molar-refractivity contribution in [3.63, 3.8) is 0 Å². The van der Waals surface area contributed by atoms with Crippen molar-refractivity contribution in [1.29, 1.82) is 0 Å². The summed E-state index contributed by atoms with van der Waals surface area (Å²) in [6, 6.07) is 10.8. The third-order valence-corrected chi connectivity index (χ3v) is 3.26. The Kier molecular flexibility index (Phi) is 4.71. The van der Waals surface area contributed by atoms with Gasteiger partial charge in [-0.1, -0.05) is 12.1 Å². The maximum absolute atomic E-state index is 12.1. The lowest BCUT2D eigenvalue weighted by Crippen LogP contribution is -2.28. The average molecular weight is 321 g/mol. The fourth-order valence-electron chi connectivity index (χ4n) is 2.11. The molecule has 24 heavy (non-hydrogen) atoms. The Hall–Kier alpha value is -3.35. The van der Waals surface area contributed by atoms with Gasteiger partial charge in [-0.3, -0.25) is 19.6 Å². The van der Waals surface area contributed by atoms with E-state index in [1.807, 2.05) is 18.2 Å². The number of hydrogen-bond acceptors (Lipinski definition) is 5. The van der Waals surface area contributed by atoms with Crippen LogP contribution in [0, 0.1) is 0 Å². The molecular formula is C17H15N5O2. The zero-order valence-electron chi connectivity index (χ0n) is 12.8. The maximum atomic E-state index is 12.1. The highest BCUT2D eigenvalue weighted by Gasteiger charge is 2.09. The van der Waals surface area contributed by atoms with Crippen LogP contribution in [0.5, 0.6) is 0 Å². The number of para-hydroxylation sites is 2. The van der Waals surface area contributed by atoms with E-state index in [4.69, 9.17) is 0 Å². The molecule has 2 N–H and O–H groups in total. The van der Waals surface area contributed by atoms with Crippen LogP contribution >= 0.6 is 0 Å². The topological polar surface area (TPSA) is 96.9 Å². The molecule has 0 fully saturated rings. The summed E-state index contributed by atoms with van der Waals surface area (Å²) in [4.78, 5) is 36.2. The molecule has 2 aromatic heterocycles. The second-order valence-electron chi connectivity index (χ2n) is 5.04. The van der Waals surface area contributed by atoms with Gasteiger partial charge in [0.2, 0.25) is 5.91 Å². The summed E-state index contributed by atoms with van der Waals surface area (Å²) in [5.74, 6) is -0.560. The number of hydrogen-bond donors (Lipinski definition) is 2. The second kappa shape index (κ2) is 7.28. The van der Waals surface area contributed by atoms with Crippen molar-refractivity contribution < 1.29 is 9.59 Å². The van der Waals surface area contributed by atoms with Gasteiger partial charge in [0.25, 0.3) is 5.91 Å². The smallest absolute Gasteiger partial charge is 0.271 e. The molecule has 0 radical (unpaired) electrons. The molecule has 1 aromatic carbocycles. The lowest BCUT2D eigenvalue weighted by Gasteiger charge is -2.06. The fourth-order valence-corrected chi connectivity index (χ4v) is 2.11. The van der Waals surface area contributed by atoms with Crippen molar-refractivity contribution in [2.24, 2.45) is 0 Å². The molecule has 2 amide bonds. The SMILES string of the molecule is O=C(CCNC(=O)c1cnc2ccccc2n1)Nc1cccnc1. The molecular weight excluding hydrogens is 306 g/mol. The largest absolute Gasteiger partial charge is 0.350 e. The van der Waals surface area contributed by atoms with Gasteiger partial charge in [0.1, 0.15) is 5.69 Å². The lowest BCUT2D eigenvalue weighted by atomic mass is 10.3. The standard InChI is InChI=1S/C17H15N5O2/c23-16(21-12-4-3-8-18-10-12)7-9-19-17(24)15-11-20-13-5-1-2-6-14(13)22-15/h1-6,8,10-11H,7,9H2,(H,19,24)(H,21,23). The number of nitrogens with one attached hydrogen (secondary N) is 2. The number of fused-ring (bicyclic) bond motifs is 1. The van der Waals surface area contributed by atoms with E-state index < -0.39 is 0 Å². The summed E-state index contributed by atoms with van der Waals surface area (Å²) < 4.78 is 0. The Morgan fingerprint density at radius 2 is 1.83 bits per heavy atom. The van der Waals surface area contributed by atoms with Crippen LogP contribution in [0.1, 0.15) is 16.9 Å². The molecule has 0 saturated heterocycles. The summed E-state index contributed by atoms with van der Waals surface area (Å²) in [6.45, 7) is 0.208. The number of rotatable bonds is 5. The highest BCUT2D eigenvalue weighted by molar-refractivity contribution is 5.94. The van der Waals surface area contributed by atoms with E-state index in [0.717, 1.165) is 5.52 Å².